The monoisotopic (exact) mass is 855 g/mol. The van der Waals surface area contributed by atoms with Crippen molar-refractivity contribution in [3.63, 3.8) is 0 Å². The van der Waals surface area contributed by atoms with E-state index < -0.39 is 6.10 Å². The number of hydrogen-bond donors (Lipinski definition) is 1. The summed E-state index contributed by atoms with van der Waals surface area (Å²) >= 11 is 0. The average molecular weight is 855 g/mol. The number of carbonyl (C=O) groups is 1. The third-order valence-corrected chi connectivity index (χ3v) is 12.1. The molecule has 0 rings (SSSR count). The maximum absolute atomic E-state index is 12.3. The zero-order valence-electron chi connectivity index (χ0n) is 41.2. The van der Waals surface area contributed by atoms with Crippen LogP contribution in [0.25, 0.3) is 0 Å². The van der Waals surface area contributed by atoms with Gasteiger partial charge in [-0.3, -0.25) is 4.79 Å². The van der Waals surface area contributed by atoms with E-state index >= 15 is 0 Å². The smallest absolute Gasteiger partial charge is 0.306 e. The van der Waals surface area contributed by atoms with E-state index in [2.05, 4.69) is 62.5 Å². The van der Waals surface area contributed by atoms with Crippen molar-refractivity contribution in [2.75, 3.05) is 19.8 Å². The molecule has 61 heavy (non-hydrogen) atoms. The molecule has 0 aliphatic carbocycles. The lowest BCUT2D eigenvalue weighted by Gasteiger charge is -2.16. The Labute approximate surface area is 382 Å². The Balaban J connectivity index is 3.40. The first-order valence-electron chi connectivity index (χ1n) is 27.2. The minimum absolute atomic E-state index is 0.172. The van der Waals surface area contributed by atoms with Crippen LogP contribution in [0.3, 0.4) is 0 Å². The van der Waals surface area contributed by atoms with E-state index in [-0.39, 0.29) is 12.6 Å². The third-order valence-electron chi connectivity index (χ3n) is 12.1. The lowest BCUT2D eigenvalue weighted by molar-refractivity contribution is -0.154. The first kappa shape index (κ1) is 59.4. The number of ether oxygens (including phenoxy) is 2. The summed E-state index contributed by atoms with van der Waals surface area (Å²) in [6.45, 7) is 5.37. The second kappa shape index (κ2) is 54.5. The molecule has 0 aromatic rings. The van der Waals surface area contributed by atoms with Gasteiger partial charge in [-0.05, 0) is 77.0 Å². The molecular formula is C57H106O4. The van der Waals surface area contributed by atoms with Crippen molar-refractivity contribution in [2.24, 2.45) is 0 Å². The highest BCUT2D eigenvalue weighted by Gasteiger charge is 2.13. The molecule has 0 aliphatic heterocycles. The van der Waals surface area contributed by atoms with Crippen LogP contribution in [-0.4, -0.2) is 37.0 Å². The number of hydrogen-bond acceptors (Lipinski definition) is 4. The van der Waals surface area contributed by atoms with Crippen molar-refractivity contribution in [1.29, 1.82) is 0 Å². The summed E-state index contributed by atoms with van der Waals surface area (Å²) in [4.78, 5) is 12.3. The van der Waals surface area contributed by atoms with E-state index in [1.165, 1.54) is 231 Å². The summed E-state index contributed by atoms with van der Waals surface area (Å²) in [6.07, 6.45) is 72.1. The van der Waals surface area contributed by atoms with Crippen molar-refractivity contribution >= 4 is 5.97 Å². The van der Waals surface area contributed by atoms with Gasteiger partial charge in [-0.15, -0.1) is 0 Å². The van der Waals surface area contributed by atoms with Crippen molar-refractivity contribution < 1.29 is 19.4 Å². The molecule has 0 saturated carbocycles. The molecule has 0 aliphatic rings. The maximum atomic E-state index is 12.3. The molecule has 0 saturated heterocycles. The molecule has 0 aromatic carbocycles. The summed E-state index contributed by atoms with van der Waals surface area (Å²) in [5, 5.41) is 9.67. The summed E-state index contributed by atoms with van der Waals surface area (Å²) in [5.74, 6) is -0.201. The number of aliphatic hydroxyl groups excluding tert-OH is 1. The van der Waals surface area contributed by atoms with Gasteiger partial charge < -0.3 is 14.6 Å². The fourth-order valence-corrected chi connectivity index (χ4v) is 8.04. The SMILES string of the molecule is CCCCCCC/C=C\C/C=C\C/C=C\CCCCCCCCCCCCC(=O)OC(CO)COCCCCCCCCCCCCCC/C=C\CCCCCCCCCC. The van der Waals surface area contributed by atoms with Gasteiger partial charge >= 0.3 is 5.97 Å². The van der Waals surface area contributed by atoms with Crippen LogP contribution in [0.15, 0.2) is 48.6 Å². The van der Waals surface area contributed by atoms with E-state index in [1.807, 2.05) is 0 Å². The van der Waals surface area contributed by atoms with Gasteiger partial charge in [0.2, 0.25) is 0 Å². The van der Waals surface area contributed by atoms with E-state index in [9.17, 15) is 9.90 Å². The molecule has 0 fully saturated rings. The Hall–Kier alpha value is -1.65. The Morgan fingerprint density at radius 3 is 1.05 bits per heavy atom. The Kier molecular flexibility index (Phi) is 53.0. The summed E-state index contributed by atoms with van der Waals surface area (Å²) in [5.41, 5.74) is 0. The molecule has 0 amide bonds. The standard InChI is InChI=1S/C57H106O4/c1-3-5-7-9-11-13-15-17-19-21-23-25-27-29-30-32-34-36-38-40-42-44-46-48-50-52-57(59)61-56(54-58)55-60-53-51-49-47-45-43-41-39-37-35-33-31-28-26-24-22-20-18-16-14-12-10-8-6-4-2/h15,17,21-24,27,29,56,58H,3-14,16,18-20,25-26,28,30-55H2,1-2H3/b17-15-,23-21-,24-22-,29-27-. The highest BCUT2D eigenvalue weighted by Crippen LogP contribution is 2.16. The van der Waals surface area contributed by atoms with Gasteiger partial charge in [0.05, 0.1) is 13.2 Å². The fraction of sp³-hybridized carbons (Fsp3) is 0.842. The number of carbonyl (C=O) groups excluding carboxylic acids is 1. The number of rotatable bonds is 51. The molecule has 4 nitrogen and oxygen atoms in total. The van der Waals surface area contributed by atoms with E-state index in [4.69, 9.17) is 9.47 Å². The molecular weight excluding hydrogens is 749 g/mol. The quantitative estimate of drug-likeness (QED) is 0.0376. The second-order valence-electron chi connectivity index (χ2n) is 18.3. The number of aliphatic hydroxyl groups is 1. The van der Waals surface area contributed by atoms with Gasteiger partial charge in [0.1, 0.15) is 6.10 Å². The Bertz CT molecular complexity index is 951. The van der Waals surface area contributed by atoms with Crippen LogP contribution in [0.1, 0.15) is 284 Å². The zero-order valence-corrected chi connectivity index (χ0v) is 41.2. The van der Waals surface area contributed by atoms with Crippen LogP contribution in [0.5, 0.6) is 0 Å². The maximum Gasteiger partial charge on any atom is 0.306 e. The van der Waals surface area contributed by atoms with Gasteiger partial charge in [0, 0.05) is 13.0 Å². The molecule has 0 spiro atoms. The topological polar surface area (TPSA) is 55.8 Å². The molecule has 0 bridgehead atoms. The number of esters is 1. The minimum Gasteiger partial charge on any atom is -0.457 e. The first-order chi connectivity index (χ1) is 30.2. The molecule has 1 unspecified atom stereocenters. The largest absolute Gasteiger partial charge is 0.457 e. The summed E-state index contributed by atoms with van der Waals surface area (Å²) in [7, 11) is 0. The minimum atomic E-state index is -0.538. The van der Waals surface area contributed by atoms with Crippen molar-refractivity contribution in [1.82, 2.24) is 0 Å². The van der Waals surface area contributed by atoms with Gasteiger partial charge in [0.25, 0.3) is 0 Å². The Morgan fingerprint density at radius 1 is 0.393 bits per heavy atom. The van der Waals surface area contributed by atoms with Crippen molar-refractivity contribution in [3.8, 4) is 0 Å². The van der Waals surface area contributed by atoms with Crippen LogP contribution in [-0.2, 0) is 14.3 Å². The highest BCUT2D eigenvalue weighted by atomic mass is 16.6. The van der Waals surface area contributed by atoms with Gasteiger partial charge in [-0.25, -0.2) is 0 Å². The lowest BCUT2D eigenvalue weighted by Crippen LogP contribution is -2.27. The Morgan fingerprint density at radius 2 is 0.689 bits per heavy atom. The van der Waals surface area contributed by atoms with Crippen molar-refractivity contribution in [3.05, 3.63) is 48.6 Å². The van der Waals surface area contributed by atoms with Gasteiger partial charge in [-0.1, -0.05) is 249 Å². The van der Waals surface area contributed by atoms with E-state index in [0.717, 1.165) is 32.1 Å². The third kappa shape index (κ3) is 52.6. The van der Waals surface area contributed by atoms with Crippen molar-refractivity contribution in [2.45, 2.75) is 290 Å². The zero-order chi connectivity index (χ0) is 44.0. The molecule has 1 N–H and O–H groups in total. The predicted molar refractivity (Wildman–Crippen MR) is 270 cm³/mol. The van der Waals surface area contributed by atoms with E-state index in [1.54, 1.807) is 0 Å². The molecule has 0 heterocycles. The molecule has 358 valence electrons. The lowest BCUT2D eigenvalue weighted by atomic mass is 10.0. The fourth-order valence-electron chi connectivity index (χ4n) is 8.04. The van der Waals surface area contributed by atoms with Gasteiger partial charge in [-0.2, -0.15) is 0 Å². The second-order valence-corrected chi connectivity index (χ2v) is 18.3. The van der Waals surface area contributed by atoms with Crippen LogP contribution >= 0.6 is 0 Å². The summed E-state index contributed by atoms with van der Waals surface area (Å²) < 4.78 is 11.2. The average Bonchev–Trinajstić information content (AvgIpc) is 3.27. The molecule has 0 aromatic heterocycles. The van der Waals surface area contributed by atoms with Crippen LogP contribution in [0, 0.1) is 0 Å². The van der Waals surface area contributed by atoms with Crippen LogP contribution in [0.4, 0.5) is 0 Å². The number of unbranched alkanes of at least 4 members (excludes halogenated alkanes) is 35. The first-order valence-corrected chi connectivity index (χ1v) is 27.2. The predicted octanol–water partition coefficient (Wildman–Crippen LogP) is 18.6. The highest BCUT2D eigenvalue weighted by molar-refractivity contribution is 5.69. The molecule has 0 radical (unpaired) electrons. The molecule has 1 atom stereocenters. The van der Waals surface area contributed by atoms with E-state index in [0.29, 0.717) is 19.6 Å². The molecule has 4 heteroatoms. The van der Waals surface area contributed by atoms with Crippen LogP contribution in [0.2, 0.25) is 0 Å². The van der Waals surface area contributed by atoms with Gasteiger partial charge in [0.15, 0.2) is 0 Å². The van der Waals surface area contributed by atoms with Crippen LogP contribution < -0.4 is 0 Å². The number of allylic oxidation sites excluding steroid dienone is 8. The normalized spacial score (nSPS) is 12.6. The summed E-state index contributed by atoms with van der Waals surface area (Å²) in [6, 6.07) is 0.